The van der Waals surface area contributed by atoms with E-state index in [2.05, 4.69) is 18.7 Å². The van der Waals surface area contributed by atoms with Crippen LogP contribution in [0.15, 0.2) is 30.9 Å². The molecule has 3 aliphatic rings. The molecule has 1 aromatic rings. The molecule has 182 valence electrons. The summed E-state index contributed by atoms with van der Waals surface area (Å²) in [6, 6.07) is 3.18. The molecule has 1 aromatic carbocycles. The summed E-state index contributed by atoms with van der Waals surface area (Å²) in [7, 11) is 0. The van der Waals surface area contributed by atoms with Crippen LogP contribution in [-0.4, -0.2) is 19.3 Å². The number of hydrogen-bond donors (Lipinski definition) is 0. The van der Waals surface area contributed by atoms with E-state index in [4.69, 9.17) is 9.47 Å². The molecule has 0 aliphatic heterocycles. The summed E-state index contributed by atoms with van der Waals surface area (Å²) in [6.45, 7) is 6.83. The van der Waals surface area contributed by atoms with E-state index in [1.54, 1.807) is 13.0 Å². The second-order valence-corrected chi connectivity index (χ2v) is 10.3. The van der Waals surface area contributed by atoms with Gasteiger partial charge in [-0.2, -0.15) is 4.39 Å². The van der Waals surface area contributed by atoms with Gasteiger partial charge in [-0.05, 0) is 119 Å². The van der Waals surface area contributed by atoms with Crippen LogP contribution >= 0.6 is 0 Å². The van der Waals surface area contributed by atoms with E-state index in [-0.39, 0.29) is 5.75 Å². The first-order chi connectivity index (χ1) is 16.1. The average Bonchev–Trinajstić information content (AvgIpc) is 2.87. The van der Waals surface area contributed by atoms with Gasteiger partial charge in [-0.15, -0.1) is 6.58 Å². The van der Waals surface area contributed by atoms with Gasteiger partial charge in [0.1, 0.15) is 0 Å². The van der Waals surface area contributed by atoms with Crippen LogP contribution < -0.4 is 4.74 Å². The minimum absolute atomic E-state index is 0.0133. The van der Waals surface area contributed by atoms with E-state index in [0.717, 1.165) is 49.2 Å². The average molecular weight is 459 g/mol. The van der Waals surface area contributed by atoms with E-state index in [9.17, 15) is 8.78 Å². The molecular formula is C29H40F2O2. The first-order valence-corrected chi connectivity index (χ1v) is 13.1. The van der Waals surface area contributed by atoms with Gasteiger partial charge in [-0.3, -0.25) is 0 Å². The molecule has 3 aliphatic carbocycles. The zero-order chi connectivity index (χ0) is 23.2. The second-order valence-electron chi connectivity index (χ2n) is 10.3. The van der Waals surface area contributed by atoms with Crippen LogP contribution in [-0.2, 0) is 4.74 Å². The molecule has 0 amide bonds. The van der Waals surface area contributed by atoms with Crippen molar-refractivity contribution in [3.63, 3.8) is 0 Å². The predicted octanol–water partition coefficient (Wildman–Crippen LogP) is 8.11. The fourth-order valence-electron chi connectivity index (χ4n) is 6.18. The van der Waals surface area contributed by atoms with Crippen LogP contribution in [0.2, 0.25) is 0 Å². The lowest BCUT2D eigenvalue weighted by atomic mass is 9.70. The Morgan fingerprint density at radius 2 is 1.64 bits per heavy atom. The summed E-state index contributed by atoms with van der Waals surface area (Å²) in [6.07, 6.45) is 17.6. The molecule has 1 unspecified atom stereocenters. The third-order valence-corrected chi connectivity index (χ3v) is 8.32. The lowest BCUT2D eigenvalue weighted by Gasteiger charge is -2.37. The van der Waals surface area contributed by atoms with Crippen LogP contribution in [0.25, 0.3) is 5.57 Å². The van der Waals surface area contributed by atoms with E-state index >= 15 is 0 Å². The first kappa shape index (κ1) is 24.4. The Balaban J connectivity index is 1.20. The van der Waals surface area contributed by atoms with Crippen molar-refractivity contribution in [3.05, 3.63) is 48.1 Å². The van der Waals surface area contributed by atoms with Crippen molar-refractivity contribution in [1.82, 2.24) is 0 Å². The monoisotopic (exact) mass is 458 g/mol. The Morgan fingerprint density at radius 3 is 2.24 bits per heavy atom. The normalized spacial score (nSPS) is 30.5. The first-order valence-electron chi connectivity index (χ1n) is 13.1. The van der Waals surface area contributed by atoms with Gasteiger partial charge in [0.05, 0.1) is 19.3 Å². The molecule has 2 nitrogen and oxygen atoms in total. The van der Waals surface area contributed by atoms with Crippen molar-refractivity contribution in [1.29, 1.82) is 0 Å². The molecule has 4 heteroatoms. The molecule has 0 N–H and O–H groups in total. The Labute approximate surface area is 198 Å². The van der Waals surface area contributed by atoms with Gasteiger partial charge < -0.3 is 9.47 Å². The molecular weight excluding hydrogens is 418 g/mol. The smallest absolute Gasteiger partial charge is 0.201 e. The van der Waals surface area contributed by atoms with Gasteiger partial charge in [0.15, 0.2) is 11.6 Å². The molecule has 4 rings (SSSR count). The number of rotatable bonds is 8. The highest BCUT2D eigenvalue weighted by Crippen LogP contribution is 2.41. The number of halogens is 2. The Morgan fingerprint density at radius 1 is 0.939 bits per heavy atom. The van der Waals surface area contributed by atoms with Crippen molar-refractivity contribution in [3.8, 4) is 5.75 Å². The van der Waals surface area contributed by atoms with Crippen molar-refractivity contribution in [2.24, 2.45) is 23.7 Å². The molecule has 0 saturated heterocycles. The van der Waals surface area contributed by atoms with Crippen molar-refractivity contribution in [2.45, 2.75) is 83.7 Å². The van der Waals surface area contributed by atoms with Gasteiger partial charge in [0.2, 0.25) is 5.82 Å². The van der Waals surface area contributed by atoms with Crippen molar-refractivity contribution in [2.75, 3.05) is 13.2 Å². The Kier molecular flexibility index (Phi) is 8.62. The summed E-state index contributed by atoms with van der Waals surface area (Å²) in [5.74, 6) is 1.33. The molecule has 0 bridgehead atoms. The number of benzene rings is 1. The summed E-state index contributed by atoms with van der Waals surface area (Å²) in [5.41, 5.74) is 1.27. The van der Waals surface area contributed by atoms with E-state index in [0.29, 0.717) is 24.2 Å². The molecule has 2 fully saturated rings. The summed E-state index contributed by atoms with van der Waals surface area (Å²) in [4.78, 5) is 0. The minimum atomic E-state index is -0.884. The van der Waals surface area contributed by atoms with Gasteiger partial charge in [-0.25, -0.2) is 4.39 Å². The molecule has 0 radical (unpaired) electrons. The third-order valence-electron chi connectivity index (χ3n) is 8.32. The Bertz CT molecular complexity index is 817. The standard InChI is InChI=1S/C29H40F2O2/c1-3-20-5-9-22(10-6-20)23-13-15-25(16-14-23)33-19-21-7-11-24(12-8-21)26-17-18-27(32-4-2)29(31)28(26)30/h3,11,17-18,20-23,25H,1,4-10,12-16,19H2,2H3. The molecule has 33 heavy (non-hydrogen) atoms. The van der Waals surface area contributed by atoms with Gasteiger partial charge in [0.25, 0.3) is 0 Å². The summed E-state index contributed by atoms with van der Waals surface area (Å²) >= 11 is 0. The highest BCUT2D eigenvalue weighted by Gasteiger charge is 2.31. The number of ether oxygens (including phenoxy) is 2. The highest BCUT2D eigenvalue weighted by molar-refractivity contribution is 5.67. The minimum Gasteiger partial charge on any atom is -0.491 e. The molecule has 0 heterocycles. The van der Waals surface area contributed by atoms with Gasteiger partial charge >= 0.3 is 0 Å². The Hall–Kier alpha value is -1.68. The molecule has 0 aromatic heterocycles. The fraction of sp³-hybridized carbons (Fsp3) is 0.655. The van der Waals surface area contributed by atoms with Crippen LogP contribution in [0, 0.1) is 35.3 Å². The predicted molar refractivity (Wildman–Crippen MR) is 130 cm³/mol. The van der Waals surface area contributed by atoms with Crippen LogP contribution in [0.5, 0.6) is 5.75 Å². The molecule has 1 atom stereocenters. The van der Waals surface area contributed by atoms with E-state index in [1.165, 1.54) is 57.4 Å². The summed E-state index contributed by atoms with van der Waals surface area (Å²) < 4.78 is 40.3. The topological polar surface area (TPSA) is 18.5 Å². The lowest BCUT2D eigenvalue weighted by Crippen LogP contribution is -2.29. The SMILES string of the molecule is C=CC1CCC(C2CCC(OCC3CC=C(c4ccc(OCC)c(F)c4F)CC3)CC2)CC1. The summed E-state index contributed by atoms with van der Waals surface area (Å²) in [5, 5.41) is 0. The maximum Gasteiger partial charge on any atom is 0.201 e. The number of hydrogen-bond acceptors (Lipinski definition) is 2. The van der Waals surface area contributed by atoms with Crippen LogP contribution in [0.1, 0.15) is 83.1 Å². The zero-order valence-electron chi connectivity index (χ0n) is 20.2. The quantitative estimate of drug-likeness (QED) is 0.366. The van der Waals surface area contributed by atoms with Crippen molar-refractivity contribution >= 4 is 5.57 Å². The van der Waals surface area contributed by atoms with Gasteiger partial charge in [0, 0.05) is 5.56 Å². The highest BCUT2D eigenvalue weighted by atomic mass is 19.2. The van der Waals surface area contributed by atoms with E-state index < -0.39 is 11.6 Å². The van der Waals surface area contributed by atoms with E-state index in [1.807, 2.05) is 0 Å². The van der Waals surface area contributed by atoms with Crippen LogP contribution in [0.4, 0.5) is 8.78 Å². The zero-order valence-corrected chi connectivity index (χ0v) is 20.2. The fourth-order valence-corrected chi connectivity index (χ4v) is 6.18. The van der Waals surface area contributed by atoms with Crippen LogP contribution in [0.3, 0.4) is 0 Å². The molecule has 2 saturated carbocycles. The number of allylic oxidation sites excluding steroid dienone is 3. The van der Waals surface area contributed by atoms with Crippen molar-refractivity contribution < 1.29 is 18.3 Å². The second kappa shape index (κ2) is 11.6. The van der Waals surface area contributed by atoms with Gasteiger partial charge in [-0.1, -0.05) is 12.2 Å². The largest absolute Gasteiger partial charge is 0.491 e. The maximum atomic E-state index is 14.5. The molecule has 0 spiro atoms. The third kappa shape index (κ3) is 6.07. The maximum absolute atomic E-state index is 14.5. The lowest BCUT2D eigenvalue weighted by molar-refractivity contribution is -0.0100.